The number of hydrogen-bond acceptors (Lipinski definition) is 4. The highest BCUT2D eigenvalue weighted by molar-refractivity contribution is 5.91. The van der Waals surface area contributed by atoms with Gasteiger partial charge in [0.2, 0.25) is 0 Å². The molecule has 1 N–H and O–H groups in total. The summed E-state index contributed by atoms with van der Waals surface area (Å²) in [6.45, 7) is 8.18. The fourth-order valence-corrected chi connectivity index (χ4v) is 7.59. The maximum atomic E-state index is 12.7. The van der Waals surface area contributed by atoms with Gasteiger partial charge in [-0.15, -0.1) is 0 Å². The fourth-order valence-electron chi connectivity index (χ4n) is 7.59. The number of ether oxygens (including phenoxy) is 1. The summed E-state index contributed by atoms with van der Waals surface area (Å²) < 4.78 is 5.88. The second-order valence-electron chi connectivity index (χ2n) is 9.58. The van der Waals surface area contributed by atoms with Crippen LogP contribution in [0.15, 0.2) is 11.6 Å². The first-order valence-electron chi connectivity index (χ1n) is 11.3. The van der Waals surface area contributed by atoms with E-state index in [9.17, 15) is 14.7 Å². The van der Waals surface area contributed by atoms with Crippen LogP contribution < -0.4 is 0 Å². The van der Waals surface area contributed by atoms with E-state index in [4.69, 9.17) is 4.74 Å². The van der Waals surface area contributed by atoms with Crippen LogP contribution in [0.3, 0.4) is 0 Å². The lowest BCUT2D eigenvalue weighted by Crippen LogP contribution is -2.58. The minimum absolute atomic E-state index is 0.144. The average Bonchev–Trinajstić information content (AvgIpc) is 3.02. The molecule has 6 atom stereocenters. The second-order valence-corrected chi connectivity index (χ2v) is 9.58. The summed E-state index contributed by atoms with van der Waals surface area (Å²) in [4.78, 5) is 24.6. The number of carbonyl (C=O) groups is 2. The van der Waals surface area contributed by atoms with E-state index in [1.165, 1.54) is 5.57 Å². The molecule has 28 heavy (non-hydrogen) atoms. The smallest absolute Gasteiger partial charge is 0.190 e. The van der Waals surface area contributed by atoms with Crippen LogP contribution in [0.2, 0.25) is 0 Å². The molecule has 4 rings (SSSR count). The molecule has 0 radical (unpaired) electrons. The largest absolute Gasteiger partial charge is 0.388 e. The van der Waals surface area contributed by atoms with Gasteiger partial charge in [0.25, 0.3) is 0 Å². The van der Waals surface area contributed by atoms with Gasteiger partial charge in [0.15, 0.2) is 11.6 Å². The Balaban J connectivity index is 0.00000109. The maximum Gasteiger partial charge on any atom is 0.190 e. The van der Waals surface area contributed by atoms with Crippen LogP contribution in [0.4, 0.5) is 0 Å². The van der Waals surface area contributed by atoms with Crippen molar-refractivity contribution in [2.75, 3.05) is 13.7 Å². The van der Waals surface area contributed by atoms with Gasteiger partial charge in [0, 0.05) is 18.9 Å². The highest BCUT2D eigenvalue weighted by Crippen LogP contribution is 2.68. The molecule has 6 unspecified atom stereocenters. The Morgan fingerprint density at radius 2 is 1.79 bits per heavy atom. The standard InChI is InChI=1S/C22H32O4.C2H6/c1-20-9-6-15(24)12-14(20)4-5-16-17(20)7-10-21(2)18(16)8-11-22(21,26-3)19(25)13-23;1-2/h12,16-18,23H,4-11,13H2,1-3H3;1-2H3. The van der Waals surface area contributed by atoms with E-state index in [-0.39, 0.29) is 16.6 Å². The van der Waals surface area contributed by atoms with Crippen molar-refractivity contribution in [2.45, 2.75) is 84.7 Å². The maximum absolute atomic E-state index is 12.7. The Labute approximate surface area is 170 Å². The summed E-state index contributed by atoms with van der Waals surface area (Å²) in [5.74, 6) is 1.81. The van der Waals surface area contributed by atoms with Crippen molar-refractivity contribution < 1.29 is 19.4 Å². The molecule has 4 aliphatic rings. The van der Waals surface area contributed by atoms with Gasteiger partial charge in [-0.1, -0.05) is 33.3 Å². The Hall–Kier alpha value is -1.00. The molecule has 0 heterocycles. The zero-order valence-electron chi connectivity index (χ0n) is 18.3. The van der Waals surface area contributed by atoms with E-state index >= 15 is 0 Å². The molecule has 0 aromatic carbocycles. The quantitative estimate of drug-likeness (QED) is 0.771. The molecule has 158 valence electrons. The third kappa shape index (κ3) is 2.78. The number of Topliss-reactive ketones (excluding diaryl/α,β-unsaturated/α-hetero) is 1. The third-order valence-electron chi connectivity index (χ3n) is 9.02. The number of allylic oxidation sites excluding steroid dienone is 1. The average molecular weight is 391 g/mol. The van der Waals surface area contributed by atoms with E-state index in [2.05, 4.69) is 13.8 Å². The summed E-state index contributed by atoms with van der Waals surface area (Å²) in [5.41, 5.74) is 0.514. The zero-order valence-corrected chi connectivity index (χ0v) is 18.3. The number of fused-ring (bicyclic) bond motifs is 5. The minimum atomic E-state index is -0.822. The van der Waals surface area contributed by atoms with Gasteiger partial charge in [-0.2, -0.15) is 0 Å². The normalized spacial score (nSPS) is 44.4. The molecule has 0 aliphatic heterocycles. The number of aliphatic hydroxyl groups is 1. The molecule has 0 spiro atoms. The van der Waals surface area contributed by atoms with Gasteiger partial charge < -0.3 is 9.84 Å². The number of carbonyl (C=O) groups excluding carboxylic acids is 2. The van der Waals surface area contributed by atoms with Gasteiger partial charge in [0.05, 0.1) is 0 Å². The van der Waals surface area contributed by atoms with E-state index in [1.54, 1.807) is 7.11 Å². The second kappa shape index (κ2) is 7.68. The lowest BCUT2D eigenvalue weighted by atomic mass is 9.46. The van der Waals surface area contributed by atoms with Gasteiger partial charge in [-0.05, 0) is 74.2 Å². The Morgan fingerprint density at radius 3 is 2.43 bits per heavy atom. The molecule has 4 heteroatoms. The van der Waals surface area contributed by atoms with Crippen LogP contribution >= 0.6 is 0 Å². The molecule has 0 bridgehead atoms. The first-order chi connectivity index (χ1) is 13.3. The molecule has 4 aliphatic carbocycles. The molecular weight excluding hydrogens is 352 g/mol. The SMILES string of the molecule is CC.COC1(C(=O)CO)CCC2C3CCC4=CC(=O)CCC4(C)C3CCC21C. The lowest BCUT2D eigenvalue weighted by molar-refractivity contribution is -0.172. The lowest BCUT2D eigenvalue weighted by Gasteiger charge is -2.59. The molecule has 3 fully saturated rings. The van der Waals surface area contributed by atoms with Crippen molar-refractivity contribution in [2.24, 2.45) is 28.6 Å². The molecule has 0 saturated heterocycles. The Kier molecular flexibility index (Phi) is 5.95. The summed E-state index contributed by atoms with van der Waals surface area (Å²) in [7, 11) is 1.64. The summed E-state index contributed by atoms with van der Waals surface area (Å²) >= 11 is 0. The van der Waals surface area contributed by atoms with E-state index < -0.39 is 12.2 Å². The third-order valence-corrected chi connectivity index (χ3v) is 9.02. The number of methoxy groups -OCH3 is 1. The van der Waals surface area contributed by atoms with Crippen LogP contribution in [0.25, 0.3) is 0 Å². The summed E-state index contributed by atoms with van der Waals surface area (Å²) in [5, 5.41) is 9.58. The van der Waals surface area contributed by atoms with Crippen LogP contribution in [0.1, 0.15) is 79.1 Å². The highest BCUT2D eigenvalue weighted by atomic mass is 16.5. The van der Waals surface area contributed by atoms with Crippen molar-refractivity contribution in [3.05, 3.63) is 11.6 Å². The number of ketones is 2. The number of hydrogen-bond donors (Lipinski definition) is 1. The summed E-state index contributed by atoms with van der Waals surface area (Å²) in [6, 6.07) is 0. The Bertz CT molecular complexity index is 668. The molecular formula is C24H38O4. The first-order valence-corrected chi connectivity index (χ1v) is 11.3. The van der Waals surface area contributed by atoms with Crippen molar-refractivity contribution in [1.82, 2.24) is 0 Å². The van der Waals surface area contributed by atoms with Gasteiger partial charge in [-0.3, -0.25) is 9.59 Å². The van der Waals surface area contributed by atoms with Crippen LogP contribution in [-0.2, 0) is 14.3 Å². The predicted molar refractivity (Wildman–Crippen MR) is 110 cm³/mol. The minimum Gasteiger partial charge on any atom is -0.388 e. The van der Waals surface area contributed by atoms with E-state index in [0.29, 0.717) is 30.0 Å². The topological polar surface area (TPSA) is 63.6 Å². The summed E-state index contributed by atoms with van der Waals surface area (Å²) in [6.07, 6.45) is 9.52. The van der Waals surface area contributed by atoms with Crippen molar-refractivity contribution in [3.63, 3.8) is 0 Å². The highest BCUT2D eigenvalue weighted by Gasteiger charge is 2.66. The van der Waals surface area contributed by atoms with Gasteiger partial charge in [0.1, 0.15) is 12.2 Å². The number of rotatable bonds is 3. The van der Waals surface area contributed by atoms with Gasteiger partial charge >= 0.3 is 0 Å². The molecule has 4 nitrogen and oxygen atoms in total. The van der Waals surface area contributed by atoms with Crippen LogP contribution in [0.5, 0.6) is 0 Å². The molecule has 3 saturated carbocycles. The molecule has 0 aromatic heterocycles. The fraction of sp³-hybridized carbons (Fsp3) is 0.833. The monoisotopic (exact) mass is 390 g/mol. The number of aliphatic hydroxyl groups excluding tert-OH is 1. The van der Waals surface area contributed by atoms with Crippen molar-refractivity contribution in [1.29, 1.82) is 0 Å². The van der Waals surface area contributed by atoms with Crippen molar-refractivity contribution in [3.8, 4) is 0 Å². The van der Waals surface area contributed by atoms with E-state index in [1.807, 2.05) is 19.9 Å². The predicted octanol–water partition coefficient (Wildman–Crippen LogP) is 4.49. The zero-order chi connectivity index (χ0) is 20.7. The van der Waals surface area contributed by atoms with Crippen LogP contribution in [-0.4, -0.2) is 36.0 Å². The molecule has 0 aromatic rings. The Morgan fingerprint density at radius 1 is 1.11 bits per heavy atom. The van der Waals surface area contributed by atoms with E-state index in [0.717, 1.165) is 44.9 Å². The van der Waals surface area contributed by atoms with Crippen molar-refractivity contribution >= 4 is 11.6 Å². The van der Waals surface area contributed by atoms with Gasteiger partial charge in [-0.25, -0.2) is 0 Å². The van der Waals surface area contributed by atoms with Crippen LogP contribution in [0, 0.1) is 28.6 Å². The molecule has 0 amide bonds. The first kappa shape index (κ1) is 21.7.